The summed E-state index contributed by atoms with van der Waals surface area (Å²) in [4.78, 5) is 3.92. The van der Waals surface area contributed by atoms with Gasteiger partial charge in [-0.2, -0.15) is 0 Å². The van der Waals surface area contributed by atoms with Crippen molar-refractivity contribution in [3.8, 4) is 11.1 Å². The van der Waals surface area contributed by atoms with Crippen molar-refractivity contribution < 1.29 is 8.81 Å². The van der Waals surface area contributed by atoms with Gasteiger partial charge in [-0.15, -0.1) is 0 Å². The second-order valence-corrected chi connectivity index (χ2v) is 3.44. The van der Waals surface area contributed by atoms with E-state index >= 15 is 0 Å². The van der Waals surface area contributed by atoms with E-state index in [0.717, 1.165) is 5.56 Å². The number of fused-ring (bicyclic) bond motifs is 1. The van der Waals surface area contributed by atoms with Crippen LogP contribution in [0.15, 0.2) is 46.9 Å². The van der Waals surface area contributed by atoms with Crippen molar-refractivity contribution in [1.82, 2.24) is 4.98 Å². The second kappa shape index (κ2) is 3.45. The zero-order valence-electron chi connectivity index (χ0n) is 8.27. The van der Waals surface area contributed by atoms with Gasteiger partial charge >= 0.3 is 0 Å². The first kappa shape index (κ1) is 9.09. The summed E-state index contributed by atoms with van der Waals surface area (Å²) in [7, 11) is 0. The molecule has 3 aromatic rings. The van der Waals surface area contributed by atoms with E-state index in [4.69, 9.17) is 4.42 Å². The Kier molecular flexibility index (Phi) is 1.96. The minimum absolute atomic E-state index is 0.305. The van der Waals surface area contributed by atoms with E-state index in [9.17, 15) is 4.39 Å². The predicted molar refractivity (Wildman–Crippen MR) is 58.2 cm³/mol. The average Bonchev–Trinajstić information content (AvgIpc) is 2.78. The third kappa shape index (κ3) is 1.29. The Morgan fingerprint density at radius 1 is 1.06 bits per heavy atom. The van der Waals surface area contributed by atoms with Crippen LogP contribution in [0.3, 0.4) is 0 Å². The normalized spacial score (nSPS) is 10.8. The molecule has 0 unspecified atom stereocenters. The molecule has 0 fully saturated rings. The van der Waals surface area contributed by atoms with E-state index in [1.165, 1.54) is 6.07 Å². The van der Waals surface area contributed by atoms with Crippen LogP contribution in [0.4, 0.5) is 4.39 Å². The number of benzene rings is 2. The first-order chi connectivity index (χ1) is 7.86. The van der Waals surface area contributed by atoms with Crippen LogP contribution >= 0.6 is 0 Å². The molecule has 0 saturated carbocycles. The topological polar surface area (TPSA) is 26.0 Å². The molecule has 77 valence electrons. The number of aromatic nitrogens is 1. The zero-order valence-corrected chi connectivity index (χ0v) is 8.27. The van der Waals surface area contributed by atoms with E-state index in [2.05, 4.69) is 11.4 Å². The lowest BCUT2D eigenvalue weighted by atomic mass is 10.0. The van der Waals surface area contributed by atoms with Crippen molar-refractivity contribution in [2.24, 2.45) is 0 Å². The monoisotopic (exact) mass is 212 g/mol. The van der Waals surface area contributed by atoms with E-state index in [-0.39, 0.29) is 5.82 Å². The highest BCUT2D eigenvalue weighted by Gasteiger charge is 2.12. The van der Waals surface area contributed by atoms with Crippen LogP contribution in [0.1, 0.15) is 0 Å². The Hall–Kier alpha value is -2.16. The maximum atomic E-state index is 13.8. The van der Waals surface area contributed by atoms with Gasteiger partial charge in [-0.1, -0.05) is 30.3 Å². The third-order valence-corrected chi connectivity index (χ3v) is 2.47. The van der Waals surface area contributed by atoms with Gasteiger partial charge in [0, 0.05) is 5.56 Å². The summed E-state index contributed by atoms with van der Waals surface area (Å²) >= 11 is 0. The highest BCUT2D eigenvalue weighted by Crippen LogP contribution is 2.29. The molecule has 0 N–H and O–H groups in total. The molecule has 3 heteroatoms. The number of oxazole rings is 1. The van der Waals surface area contributed by atoms with Crippen LogP contribution in [0.2, 0.25) is 0 Å². The standard InChI is InChI=1S/C13H7FNO/c14-10-6-7-11-13(15-8-16-11)12(10)9-4-2-1-3-5-9/h1-7H. The molecule has 2 aromatic carbocycles. The molecule has 0 aliphatic rings. The van der Waals surface area contributed by atoms with Crippen LogP contribution in [0.25, 0.3) is 22.2 Å². The fraction of sp³-hybridized carbons (Fsp3) is 0. The zero-order chi connectivity index (χ0) is 11.0. The summed E-state index contributed by atoms with van der Waals surface area (Å²) in [6.07, 6.45) is 2.38. The quantitative estimate of drug-likeness (QED) is 0.617. The Morgan fingerprint density at radius 2 is 1.88 bits per heavy atom. The summed E-state index contributed by atoms with van der Waals surface area (Å²) in [6.45, 7) is 0. The van der Waals surface area contributed by atoms with Crippen LogP contribution in [-0.4, -0.2) is 4.98 Å². The first-order valence-electron chi connectivity index (χ1n) is 4.87. The molecular formula is C13H7FNO. The van der Waals surface area contributed by atoms with Crippen molar-refractivity contribution >= 4 is 11.1 Å². The van der Waals surface area contributed by atoms with E-state index in [1.807, 2.05) is 30.3 Å². The average molecular weight is 212 g/mol. The molecule has 16 heavy (non-hydrogen) atoms. The second-order valence-electron chi connectivity index (χ2n) is 3.44. The van der Waals surface area contributed by atoms with Gasteiger partial charge in [-0.05, 0) is 17.7 Å². The molecule has 1 heterocycles. The van der Waals surface area contributed by atoms with Gasteiger partial charge in [0.25, 0.3) is 6.39 Å². The molecule has 0 amide bonds. The lowest BCUT2D eigenvalue weighted by Crippen LogP contribution is -1.85. The van der Waals surface area contributed by atoms with Gasteiger partial charge in [0.15, 0.2) is 5.58 Å². The van der Waals surface area contributed by atoms with E-state index in [0.29, 0.717) is 16.7 Å². The van der Waals surface area contributed by atoms with Crippen molar-refractivity contribution in [3.05, 3.63) is 54.7 Å². The number of halogens is 1. The number of nitrogens with zero attached hydrogens (tertiary/aromatic N) is 1. The van der Waals surface area contributed by atoms with Crippen LogP contribution in [0, 0.1) is 12.2 Å². The predicted octanol–water partition coefficient (Wildman–Crippen LogP) is 3.43. The number of hydrogen-bond donors (Lipinski definition) is 0. The summed E-state index contributed by atoms with van der Waals surface area (Å²) in [5.74, 6) is -0.305. The van der Waals surface area contributed by atoms with Crippen molar-refractivity contribution in [2.75, 3.05) is 0 Å². The van der Waals surface area contributed by atoms with Gasteiger partial charge in [-0.3, -0.25) is 0 Å². The van der Waals surface area contributed by atoms with E-state index < -0.39 is 0 Å². The molecule has 0 spiro atoms. The Bertz CT molecular complexity index is 631. The van der Waals surface area contributed by atoms with Crippen molar-refractivity contribution in [1.29, 1.82) is 0 Å². The highest BCUT2D eigenvalue weighted by molar-refractivity contribution is 5.90. The highest BCUT2D eigenvalue weighted by atomic mass is 19.1. The van der Waals surface area contributed by atoms with Crippen LogP contribution in [-0.2, 0) is 0 Å². The SMILES string of the molecule is Fc1ccc2o[c]nc2c1-c1ccccc1. The Balaban J connectivity index is 2.38. The molecule has 3 rings (SSSR count). The maximum absolute atomic E-state index is 13.8. The molecule has 0 bridgehead atoms. The lowest BCUT2D eigenvalue weighted by Gasteiger charge is -2.03. The fourth-order valence-corrected chi connectivity index (χ4v) is 1.74. The van der Waals surface area contributed by atoms with Gasteiger partial charge in [0.05, 0.1) is 0 Å². The van der Waals surface area contributed by atoms with Gasteiger partial charge in [0.1, 0.15) is 11.3 Å². The van der Waals surface area contributed by atoms with E-state index in [1.54, 1.807) is 6.07 Å². The summed E-state index contributed by atoms with van der Waals surface area (Å²) in [6, 6.07) is 12.2. The van der Waals surface area contributed by atoms with Gasteiger partial charge < -0.3 is 4.42 Å². The van der Waals surface area contributed by atoms with Crippen molar-refractivity contribution in [3.63, 3.8) is 0 Å². The lowest BCUT2D eigenvalue weighted by molar-refractivity contribution is 0.589. The molecule has 0 aliphatic carbocycles. The number of rotatable bonds is 1. The molecule has 1 aromatic heterocycles. The largest absolute Gasteiger partial charge is 0.432 e. The summed E-state index contributed by atoms with van der Waals surface area (Å²) in [5.41, 5.74) is 2.29. The van der Waals surface area contributed by atoms with Crippen LogP contribution in [0.5, 0.6) is 0 Å². The molecule has 0 atom stereocenters. The van der Waals surface area contributed by atoms with Crippen LogP contribution < -0.4 is 0 Å². The smallest absolute Gasteiger partial charge is 0.284 e. The molecule has 0 saturated heterocycles. The molecule has 0 aliphatic heterocycles. The molecule has 1 radical (unpaired) electrons. The first-order valence-corrected chi connectivity index (χ1v) is 4.87. The summed E-state index contributed by atoms with van der Waals surface area (Å²) < 4.78 is 18.8. The minimum Gasteiger partial charge on any atom is -0.432 e. The number of hydrogen-bond acceptors (Lipinski definition) is 2. The Labute approximate surface area is 91.3 Å². The maximum Gasteiger partial charge on any atom is 0.284 e. The molecule has 2 nitrogen and oxygen atoms in total. The van der Waals surface area contributed by atoms with Gasteiger partial charge in [0.2, 0.25) is 0 Å². The summed E-state index contributed by atoms with van der Waals surface area (Å²) in [5, 5.41) is 0. The fourth-order valence-electron chi connectivity index (χ4n) is 1.74. The minimum atomic E-state index is -0.305. The van der Waals surface area contributed by atoms with Gasteiger partial charge in [-0.25, -0.2) is 9.37 Å². The molecular weight excluding hydrogens is 205 g/mol. The third-order valence-electron chi connectivity index (χ3n) is 2.47. The van der Waals surface area contributed by atoms with Crippen molar-refractivity contribution in [2.45, 2.75) is 0 Å². The Morgan fingerprint density at radius 3 is 2.69 bits per heavy atom.